The van der Waals surface area contributed by atoms with Crippen LogP contribution in [0, 0.1) is 0 Å². The molecule has 8 heteroatoms. The highest BCUT2D eigenvalue weighted by atomic mass is 16.6. The van der Waals surface area contributed by atoms with Crippen LogP contribution in [0.2, 0.25) is 0 Å². The van der Waals surface area contributed by atoms with E-state index in [1.165, 1.54) is 0 Å². The number of likely N-dealkylation sites (N-methyl/N-ethyl adjacent to an activating group) is 1. The summed E-state index contributed by atoms with van der Waals surface area (Å²) in [7, 11) is 1.59. The number of aliphatic hydroxyl groups is 1. The van der Waals surface area contributed by atoms with Crippen molar-refractivity contribution < 1.29 is 24.2 Å². The number of carbonyl (C=O) groups excluding carboxylic acids is 2. The summed E-state index contributed by atoms with van der Waals surface area (Å²) in [5.74, 6) is -0.156. The Bertz CT molecular complexity index is 465. The average molecular weight is 343 g/mol. The Morgan fingerprint density at radius 3 is 2.54 bits per heavy atom. The van der Waals surface area contributed by atoms with E-state index >= 15 is 0 Å². The maximum absolute atomic E-state index is 12.0. The predicted octanol–water partition coefficient (Wildman–Crippen LogP) is -0.193. The second-order valence-electron chi connectivity index (χ2n) is 6.78. The molecule has 2 N–H and O–H groups in total. The third-order valence-electron chi connectivity index (χ3n) is 4.80. The lowest BCUT2D eigenvalue weighted by Gasteiger charge is -2.44. The van der Waals surface area contributed by atoms with Gasteiger partial charge in [0.1, 0.15) is 0 Å². The molecule has 1 atom stereocenters. The molecule has 0 aromatic heterocycles. The lowest BCUT2D eigenvalue weighted by atomic mass is 9.90. The molecule has 2 amide bonds. The van der Waals surface area contributed by atoms with Crippen molar-refractivity contribution in [1.29, 1.82) is 0 Å². The first-order chi connectivity index (χ1) is 11.3. The summed E-state index contributed by atoms with van der Waals surface area (Å²) in [5.41, 5.74) is -1.75. The van der Waals surface area contributed by atoms with Gasteiger partial charge in [-0.25, -0.2) is 4.79 Å². The van der Waals surface area contributed by atoms with Gasteiger partial charge in [0, 0.05) is 39.8 Å². The van der Waals surface area contributed by atoms with Crippen LogP contribution in [-0.4, -0.2) is 91.1 Å². The van der Waals surface area contributed by atoms with Gasteiger partial charge in [0.25, 0.3) is 5.91 Å². The lowest BCUT2D eigenvalue weighted by Crippen LogP contribution is -2.61. The van der Waals surface area contributed by atoms with Gasteiger partial charge in [0.2, 0.25) is 0 Å². The number of hydrogen-bond acceptors (Lipinski definition) is 6. The van der Waals surface area contributed by atoms with E-state index < -0.39 is 11.2 Å². The minimum atomic E-state index is -0.894. The van der Waals surface area contributed by atoms with Crippen LogP contribution in [-0.2, 0) is 14.3 Å². The van der Waals surface area contributed by atoms with Gasteiger partial charge in [-0.3, -0.25) is 9.69 Å². The molecule has 2 aliphatic rings. The smallest absolute Gasteiger partial charge is 0.409 e. The first-order valence-corrected chi connectivity index (χ1v) is 8.54. The summed E-state index contributed by atoms with van der Waals surface area (Å²) >= 11 is 0. The van der Waals surface area contributed by atoms with E-state index in [0.29, 0.717) is 58.8 Å². The molecule has 2 fully saturated rings. The van der Waals surface area contributed by atoms with Crippen molar-refractivity contribution in [2.45, 2.75) is 37.9 Å². The molecule has 0 aliphatic carbocycles. The number of amides is 2. The van der Waals surface area contributed by atoms with E-state index in [2.05, 4.69) is 10.2 Å². The number of nitrogens with one attached hydrogen (secondary N) is 1. The van der Waals surface area contributed by atoms with E-state index in [0.717, 1.165) is 0 Å². The molecule has 2 saturated heterocycles. The zero-order valence-electron chi connectivity index (χ0n) is 14.8. The molecular weight excluding hydrogens is 314 g/mol. The highest BCUT2D eigenvalue weighted by molar-refractivity contribution is 5.84. The van der Waals surface area contributed by atoms with Crippen molar-refractivity contribution in [2.24, 2.45) is 0 Å². The second kappa shape index (κ2) is 7.67. The van der Waals surface area contributed by atoms with Gasteiger partial charge in [-0.05, 0) is 26.7 Å². The molecule has 0 unspecified atom stereocenters. The SMILES string of the molecule is CCOC(=O)N1CCC(O)(CN2CCO[C@](C)(C(=O)NC)C2)CC1. The lowest BCUT2D eigenvalue weighted by molar-refractivity contribution is -0.160. The Morgan fingerprint density at radius 1 is 1.29 bits per heavy atom. The number of likely N-dealkylation sites (tertiary alicyclic amines) is 1. The molecule has 0 bridgehead atoms. The summed E-state index contributed by atoms with van der Waals surface area (Å²) in [6.45, 7) is 6.90. The van der Waals surface area contributed by atoms with Crippen LogP contribution in [0.1, 0.15) is 26.7 Å². The fourth-order valence-corrected chi connectivity index (χ4v) is 3.38. The highest BCUT2D eigenvalue weighted by Gasteiger charge is 2.42. The first kappa shape index (κ1) is 19.0. The summed E-state index contributed by atoms with van der Waals surface area (Å²) < 4.78 is 10.6. The van der Waals surface area contributed by atoms with E-state index in [-0.39, 0.29) is 12.0 Å². The topological polar surface area (TPSA) is 91.3 Å². The largest absolute Gasteiger partial charge is 0.450 e. The fraction of sp³-hybridized carbons (Fsp3) is 0.875. The van der Waals surface area contributed by atoms with E-state index in [1.807, 2.05) is 0 Å². The van der Waals surface area contributed by atoms with E-state index in [9.17, 15) is 14.7 Å². The summed E-state index contributed by atoms with van der Waals surface area (Å²) in [6, 6.07) is 0. The number of rotatable bonds is 4. The Hall–Kier alpha value is -1.38. The summed E-state index contributed by atoms with van der Waals surface area (Å²) in [4.78, 5) is 27.4. The van der Waals surface area contributed by atoms with Crippen molar-refractivity contribution in [3.05, 3.63) is 0 Å². The van der Waals surface area contributed by atoms with Gasteiger partial charge in [0.05, 0.1) is 18.8 Å². The number of β-amino-alcohol motifs (C(OH)–C–C–N with tert-alkyl or cyclic N) is 1. The standard InChI is InChI=1S/C16H29N3O5/c1-4-23-14(21)19-7-5-16(22,6-8-19)12-18-9-10-24-15(2,11-18)13(20)17-3/h22H,4-12H2,1-3H3,(H,17,20)/t15-/m0/s1. The van der Waals surface area contributed by atoms with Gasteiger partial charge in [-0.1, -0.05) is 0 Å². The van der Waals surface area contributed by atoms with Crippen molar-refractivity contribution >= 4 is 12.0 Å². The fourth-order valence-electron chi connectivity index (χ4n) is 3.38. The molecule has 2 rings (SSSR count). The molecule has 24 heavy (non-hydrogen) atoms. The van der Waals surface area contributed by atoms with Gasteiger partial charge in [-0.2, -0.15) is 0 Å². The van der Waals surface area contributed by atoms with Gasteiger partial charge < -0.3 is 24.8 Å². The summed E-state index contributed by atoms with van der Waals surface area (Å²) in [5, 5.41) is 13.5. The molecule has 2 heterocycles. The molecule has 0 spiro atoms. The quantitative estimate of drug-likeness (QED) is 0.735. The Morgan fingerprint density at radius 2 is 1.96 bits per heavy atom. The monoisotopic (exact) mass is 343 g/mol. The number of ether oxygens (including phenoxy) is 2. The van der Waals surface area contributed by atoms with Crippen LogP contribution >= 0.6 is 0 Å². The van der Waals surface area contributed by atoms with Gasteiger partial charge in [0.15, 0.2) is 5.60 Å². The molecular formula is C16H29N3O5. The average Bonchev–Trinajstić information content (AvgIpc) is 2.54. The van der Waals surface area contributed by atoms with Crippen LogP contribution in [0.15, 0.2) is 0 Å². The maximum Gasteiger partial charge on any atom is 0.409 e. The zero-order chi connectivity index (χ0) is 17.8. The maximum atomic E-state index is 12.0. The first-order valence-electron chi connectivity index (χ1n) is 8.54. The molecule has 0 aromatic rings. The Labute approximate surface area is 143 Å². The molecule has 2 aliphatic heterocycles. The normalized spacial score (nSPS) is 27.6. The number of hydrogen-bond donors (Lipinski definition) is 2. The van der Waals surface area contributed by atoms with Crippen LogP contribution in [0.25, 0.3) is 0 Å². The van der Waals surface area contributed by atoms with E-state index in [4.69, 9.17) is 9.47 Å². The number of nitrogens with zero attached hydrogens (tertiary/aromatic N) is 2. The number of morpholine rings is 1. The van der Waals surface area contributed by atoms with Crippen LogP contribution < -0.4 is 5.32 Å². The van der Waals surface area contributed by atoms with Crippen molar-refractivity contribution in [3.8, 4) is 0 Å². The molecule has 8 nitrogen and oxygen atoms in total. The molecule has 0 saturated carbocycles. The third-order valence-corrected chi connectivity index (χ3v) is 4.80. The molecule has 0 radical (unpaired) electrons. The second-order valence-corrected chi connectivity index (χ2v) is 6.78. The molecule has 0 aromatic carbocycles. The third kappa shape index (κ3) is 4.37. The summed E-state index contributed by atoms with van der Waals surface area (Å²) in [6.07, 6.45) is 0.679. The van der Waals surface area contributed by atoms with Crippen LogP contribution in [0.4, 0.5) is 4.79 Å². The van der Waals surface area contributed by atoms with Gasteiger partial charge >= 0.3 is 6.09 Å². The van der Waals surface area contributed by atoms with Crippen LogP contribution in [0.3, 0.4) is 0 Å². The zero-order valence-corrected chi connectivity index (χ0v) is 14.8. The van der Waals surface area contributed by atoms with Crippen molar-refractivity contribution in [1.82, 2.24) is 15.1 Å². The predicted molar refractivity (Wildman–Crippen MR) is 87.6 cm³/mol. The minimum absolute atomic E-state index is 0.156. The van der Waals surface area contributed by atoms with Gasteiger partial charge in [-0.15, -0.1) is 0 Å². The Kier molecular flexibility index (Phi) is 6.06. The number of piperidine rings is 1. The van der Waals surface area contributed by atoms with E-state index in [1.54, 1.807) is 25.8 Å². The minimum Gasteiger partial charge on any atom is -0.450 e. The van der Waals surface area contributed by atoms with Crippen molar-refractivity contribution in [3.63, 3.8) is 0 Å². The molecule has 138 valence electrons. The van der Waals surface area contributed by atoms with Crippen LogP contribution in [0.5, 0.6) is 0 Å². The van der Waals surface area contributed by atoms with Crippen molar-refractivity contribution in [2.75, 3.05) is 53.0 Å². The Balaban J connectivity index is 1.89. The number of carbonyl (C=O) groups is 2. The highest BCUT2D eigenvalue weighted by Crippen LogP contribution is 2.26.